The second kappa shape index (κ2) is 7.25. The van der Waals surface area contributed by atoms with Gasteiger partial charge in [0.2, 0.25) is 0 Å². The quantitative estimate of drug-likeness (QED) is 0.778. The van der Waals surface area contributed by atoms with Crippen LogP contribution in [0, 0.1) is 0 Å². The van der Waals surface area contributed by atoms with Gasteiger partial charge in [-0.25, -0.2) is 0 Å². The Bertz CT molecular complexity index is 528. The first-order valence-electron chi connectivity index (χ1n) is 7.71. The summed E-state index contributed by atoms with van der Waals surface area (Å²) >= 11 is 0. The molecule has 0 saturated heterocycles. The molecule has 0 amide bonds. The molecule has 0 heterocycles. The Morgan fingerprint density at radius 3 is 2.25 bits per heavy atom. The van der Waals surface area contributed by atoms with Crippen LogP contribution >= 0.6 is 0 Å². The highest BCUT2D eigenvalue weighted by Crippen LogP contribution is 2.25. The molecule has 2 aromatic rings. The van der Waals surface area contributed by atoms with Crippen LogP contribution in [0.1, 0.15) is 44.4 Å². The van der Waals surface area contributed by atoms with Gasteiger partial charge in [0.15, 0.2) is 0 Å². The lowest BCUT2D eigenvalue weighted by atomic mass is 9.97. The molecule has 0 radical (unpaired) electrons. The number of hydrogen-bond acceptors (Lipinski definition) is 1. The van der Waals surface area contributed by atoms with Gasteiger partial charge >= 0.3 is 0 Å². The summed E-state index contributed by atoms with van der Waals surface area (Å²) in [6.07, 6.45) is 2.21. The van der Waals surface area contributed by atoms with Crippen molar-refractivity contribution in [2.45, 2.75) is 39.7 Å². The van der Waals surface area contributed by atoms with Gasteiger partial charge in [-0.1, -0.05) is 63.2 Å². The van der Waals surface area contributed by atoms with Crippen molar-refractivity contribution < 1.29 is 0 Å². The maximum atomic E-state index is 3.55. The number of hydrogen-bond donors (Lipinski definition) is 1. The Balaban J connectivity index is 2.28. The van der Waals surface area contributed by atoms with E-state index >= 15 is 0 Å². The topological polar surface area (TPSA) is 12.0 Å². The lowest BCUT2D eigenvalue weighted by Crippen LogP contribution is -2.19. The first-order valence-corrected chi connectivity index (χ1v) is 7.71. The summed E-state index contributed by atoms with van der Waals surface area (Å²) < 4.78 is 0. The molecule has 0 aromatic heterocycles. The van der Waals surface area contributed by atoms with Crippen LogP contribution in [-0.4, -0.2) is 6.54 Å². The van der Waals surface area contributed by atoms with Crippen LogP contribution in [-0.2, 0) is 6.42 Å². The van der Waals surface area contributed by atoms with E-state index < -0.39 is 0 Å². The van der Waals surface area contributed by atoms with Gasteiger partial charge in [-0.05, 0) is 47.7 Å². The van der Waals surface area contributed by atoms with Crippen molar-refractivity contribution in [3.8, 4) is 11.1 Å². The van der Waals surface area contributed by atoms with E-state index in [1.165, 1.54) is 22.3 Å². The molecule has 0 aliphatic rings. The highest BCUT2D eigenvalue weighted by atomic mass is 14.9. The summed E-state index contributed by atoms with van der Waals surface area (Å²) in [5.41, 5.74) is 5.38. The maximum Gasteiger partial charge on any atom is 0.0317 e. The van der Waals surface area contributed by atoms with Gasteiger partial charge in [0.1, 0.15) is 0 Å². The summed E-state index contributed by atoms with van der Waals surface area (Å²) in [6, 6.07) is 18.3. The minimum atomic E-state index is 0.454. The zero-order valence-corrected chi connectivity index (χ0v) is 12.8. The molecule has 106 valence electrons. The van der Waals surface area contributed by atoms with Crippen molar-refractivity contribution in [2.75, 3.05) is 6.54 Å². The Kier molecular flexibility index (Phi) is 5.37. The molecule has 1 N–H and O–H groups in total. The molecule has 0 saturated carbocycles. The molecule has 20 heavy (non-hydrogen) atoms. The minimum absolute atomic E-state index is 0.454. The molecule has 1 unspecified atom stereocenters. The fraction of sp³-hybridized carbons (Fsp3) is 0.368. The smallest absolute Gasteiger partial charge is 0.0317 e. The van der Waals surface area contributed by atoms with Crippen LogP contribution in [0.25, 0.3) is 11.1 Å². The minimum Gasteiger partial charge on any atom is -0.310 e. The van der Waals surface area contributed by atoms with Crippen molar-refractivity contribution in [1.29, 1.82) is 0 Å². The second-order valence-electron chi connectivity index (χ2n) is 5.19. The molecular formula is C19H25N. The van der Waals surface area contributed by atoms with Crippen LogP contribution in [0.3, 0.4) is 0 Å². The fourth-order valence-corrected chi connectivity index (χ4v) is 2.61. The largest absolute Gasteiger partial charge is 0.310 e. The zero-order chi connectivity index (χ0) is 14.4. The SMILES string of the molecule is CCNC(CC)c1cccc(-c2ccc(CC)cc2)c1. The van der Waals surface area contributed by atoms with Gasteiger partial charge < -0.3 is 5.32 Å². The average molecular weight is 267 g/mol. The summed E-state index contributed by atoms with van der Waals surface area (Å²) in [7, 11) is 0. The Morgan fingerprint density at radius 1 is 0.900 bits per heavy atom. The second-order valence-corrected chi connectivity index (χ2v) is 5.19. The third kappa shape index (κ3) is 3.49. The number of benzene rings is 2. The zero-order valence-electron chi connectivity index (χ0n) is 12.8. The van der Waals surface area contributed by atoms with Crippen molar-refractivity contribution in [1.82, 2.24) is 5.32 Å². The maximum absolute atomic E-state index is 3.55. The average Bonchev–Trinajstić information content (AvgIpc) is 2.53. The Hall–Kier alpha value is -1.60. The van der Waals surface area contributed by atoms with E-state index in [4.69, 9.17) is 0 Å². The predicted molar refractivity (Wildman–Crippen MR) is 88.0 cm³/mol. The van der Waals surface area contributed by atoms with E-state index in [9.17, 15) is 0 Å². The third-order valence-electron chi connectivity index (χ3n) is 3.84. The first kappa shape index (κ1) is 14.8. The Morgan fingerprint density at radius 2 is 1.65 bits per heavy atom. The summed E-state index contributed by atoms with van der Waals surface area (Å²) in [5.74, 6) is 0. The molecule has 0 bridgehead atoms. The predicted octanol–water partition coefficient (Wildman–Crippen LogP) is 4.98. The molecule has 1 heteroatoms. The van der Waals surface area contributed by atoms with E-state index in [0.29, 0.717) is 6.04 Å². The van der Waals surface area contributed by atoms with Gasteiger partial charge in [0.25, 0.3) is 0 Å². The lowest BCUT2D eigenvalue weighted by Gasteiger charge is -2.17. The summed E-state index contributed by atoms with van der Waals surface area (Å²) in [4.78, 5) is 0. The fourth-order valence-electron chi connectivity index (χ4n) is 2.61. The van der Waals surface area contributed by atoms with E-state index in [1.807, 2.05) is 0 Å². The summed E-state index contributed by atoms with van der Waals surface area (Å²) in [6.45, 7) is 7.60. The standard InChI is InChI=1S/C19H25N/c1-4-15-10-12-16(13-11-15)17-8-7-9-18(14-17)19(5-2)20-6-3/h7-14,19-20H,4-6H2,1-3H3. The Labute approximate surface area is 123 Å². The molecule has 0 aliphatic heterocycles. The van der Waals surface area contributed by atoms with Crippen molar-refractivity contribution in [2.24, 2.45) is 0 Å². The van der Waals surface area contributed by atoms with Crippen LogP contribution in [0.5, 0.6) is 0 Å². The molecule has 0 spiro atoms. The van der Waals surface area contributed by atoms with E-state index in [1.54, 1.807) is 0 Å². The van der Waals surface area contributed by atoms with Gasteiger partial charge in [0.05, 0.1) is 0 Å². The van der Waals surface area contributed by atoms with Crippen LogP contribution in [0.2, 0.25) is 0 Å². The van der Waals surface area contributed by atoms with Gasteiger partial charge in [-0.3, -0.25) is 0 Å². The van der Waals surface area contributed by atoms with E-state index in [0.717, 1.165) is 19.4 Å². The normalized spacial score (nSPS) is 12.3. The summed E-state index contributed by atoms with van der Waals surface area (Å²) in [5, 5.41) is 3.55. The van der Waals surface area contributed by atoms with Gasteiger partial charge in [0, 0.05) is 6.04 Å². The van der Waals surface area contributed by atoms with Crippen molar-refractivity contribution in [3.05, 3.63) is 59.7 Å². The first-order chi connectivity index (χ1) is 9.78. The van der Waals surface area contributed by atoms with E-state index in [2.05, 4.69) is 74.6 Å². The van der Waals surface area contributed by atoms with Crippen molar-refractivity contribution >= 4 is 0 Å². The molecule has 2 aromatic carbocycles. The monoisotopic (exact) mass is 267 g/mol. The van der Waals surface area contributed by atoms with Gasteiger partial charge in [-0.2, -0.15) is 0 Å². The molecule has 0 aliphatic carbocycles. The highest BCUT2D eigenvalue weighted by Gasteiger charge is 2.08. The lowest BCUT2D eigenvalue weighted by molar-refractivity contribution is 0.537. The van der Waals surface area contributed by atoms with Crippen LogP contribution in [0.15, 0.2) is 48.5 Å². The third-order valence-corrected chi connectivity index (χ3v) is 3.84. The molecule has 1 atom stereocenters. The molecule has 1 nitrogen and oxygen atoms in total. The van der Waals surface area contributed by atoms with Crippen LogP contribution in [0.4, 0.5) is 0 Å². The number of nitrogens with one attached hydrogen (secondary N) is 1. The number of rotatable bonds is 6. The van der Waals surface area contributed by atoms with Crippen LogP contribution < -0.4 is 5.32 Å². The molecular weight excluding hydrogens is 242 g/mol. The van der Waals surface area contributed by atoms with E-state index in [-0.39, 0.29) is 0 Å². The van der Waals surface area contributed by atoms with Gasteiger partial charge in [-0.15, -0.1) is 0 Å². The number of aryl methyl sites for hydroxylation is 1. The van der Waals surface area contributed by atoms with Crippen molar-refractivity contribution in [3.63, 3.8) is 0 Å². The highest BCUT2D eigenvalue weighted by molar-refractivity contribution is 5.64. The molecule has 0 fully saturated rings. The molecule has 2 rings (SSSR count).